The Labute approximate surface area is 101 Å². The molecule has 0 saturated heterocycles. The molecule has 94 valence electrons. The van der Waals surface area contributed by atoms with E-state index in [-0.39, 0.29) is 0 Å². The van der Waals surface area contributed by atoms with Crippen LogP contribution < -0.4 is 11.5 Å². The number of hydrogen-bond acceptors (Lipinski definition) is 4. The van der Waals surface area contributed by atoms with Crippen molar-refractivity contribution in [2.75, 3.05) is 18.1 Å². The third-order valence-corrected chi connectivity index (χ3v) is 3.10. The van der Waals surface area contributed by atoms with Crippen LogP contribution in [0.3, 0.4) is 0 Å². The van der Waals surface area contributed by atoms with Crippen LogP contribution in [0.15, 0.2) is 4.99 Å². The van der Waals surface area contributed by atoms with E-state index in [4.69, 9.17) is 16.6 Å². The Morgan fingerprint density at radius 2 is 2.25 bits per heavy atom. The van der Waals surface area contributed by atoms with Crippen molar-refractivity contribution in [1.82, 2.24) is 0 Å². The topological polar surface area (TPSA) is 102 Å². The van der Waals surface area contributed by atoms with Crippen molar-refractivity contribution in [1.29, 1.82) is 0 Å². The molecule has 0 amide bonds. The quantitative estimate of drug-likeness (QED) is 0.316. The van der Waals surface area contributed by atoms with Crippen LogP contribution in [0.25, 0.3) is 0 Å². The van der Waals surface area contributed by atoms with Gasteiger partial charge >= 0.3 is 5.97 Å². The maximum absolute atomic E-state index is 10.4. The van der Waals surface area contributed by atoms with Crippen molar-refractivity contribution in [2.24, 2.45) is 16.5 Å². The summed E-state index contributed by atoms with van der Waals surface area (Å²) in [6.45, 7) is 2.67. The van der Waals surface area contributed by atoms with E-state index in [9.17, 15) is 4.79 Å². The highest BCUT2D eigenvalue weighted by Gasteiger charge is 2.09. The molecule has 0 unspecified atom stereocenters. The van der Waals surface area contributed by atoms with Gasteiger partial charge in [-0.2, -0.15) is 11.8 Å². The molecule has 0 aromatic carbocycles. The molecule has 0 aromatic rings. The van der Waals surface area contributed by atoms with E-state index in [1.807, 2.05) is 0 Å². The molecule has 1 atom stereocenters. The minimum absolute atomic E-state index is 0.439. The third-order valence-electron chi connectivity index (χ3n) is 1.90. The first kappa shape index (κ1) is 15.2. The lowest BCUT2D eigenvalue weighted by atomic mass is 10.2. The van der Waals surface area contributed by atoms with E-state index in [0.717, 1.165) is 17.9 Å². The van der Waals surface area contributed by atoms with Crippen molar-refractivity contribution >= 4 is 23.6 Å². The highest BCUT2D eigenvalue weighted by atomic mass is 32.2. The Hall–Kier alpha value is -0.750. The molecule has 16 heavy (non-hydrogen) atoms. The van der Waals surface area contributed by atoms with Gasteiger partial charge in [-0.15, -0.1) is 0 Å². The largest absolute Gasteiger partial charge is 0.480 e. The fourth-order valence-corrected chi connectivity index (χ4v) is 1.76. The molecule has 0 aliphatic heterocycles. The zero-order valence-electron chi connectivity index (χ0n) is 9.69. The predicted molar refractivity (Wildman–Crippen MR) is 69.0 cm³/mol. The van der Waals surface area contributed by atoms with E-state index in [2.05, 4.69) is 11.9 Å². The molecule has 0 saturated carbocycles. The molecule has 0 aliphatic carbocycles. The summed E-state index contributed by atoms with van der Waals surface area (Å²) in [5.41, 5.74) is 11.0. The first-order valence-electron chi connectivity index (χ1n) is 5.42. The Balaban J connectivity index is 3.54. The Bertz CT molecular complexity index is 234. The van der Waals surface area contributed by atoms with Gasteiger partial charge in [-0.25, -0.2) is 0 Å². The predicted octanol–water partition coefficient (Wildman–Crippen LogP) is 0.679. The van der Waals surface area contributed by atoms with Crippen molar-refractivity contribution in [3.05, 3.63) is 0 Å². The van der Waals surface area contributed by atoms with Gasteiger partial charge < -0.3 is 16.6 Å². The van der Waals surface area contributed by atoms with Gasteiger partial charge in [0.15, 0.2) is 0 Å². The Kier molecular flexibility index (Phi) is 9.03. The van der Waals surface area contributed by atoms with Gasteiger partial charge in [-0.1, -0.05) is 6.92 Å². The molecule has 5 nitrogen and oxygen atoms in total. The monoisotopic (exact) mass is 247 g/mol. The van der Waals surface area contributed by atoms with Crippen LogP contribution in [0.2, 0.25) is 0 Å². The number of aliphatic imine (C=N–C) groups is 1. The summed E-state index contributed by atoms with van der Waals surface area (Å²) in [7, 11) is 0. The van der Waals surface area contributed by atoms with Gasteiger partial charge in [0, 0.05) is 6.54 Å². The summed E-state index contributed by atoms with van der Waals surface area (Å²) in [5.74, 6) is 1.50. The van der Waals surface area contributed by atoms with Gasteiger partial charge in [0.2, 0.25) is 0 Å². The molecule has 0 fully saturated rings. The highest BCUT2D eigenvalue weighted by Crippen LogP contribution is 2.01. The molecule has 5 N–H and O–H groups in total. The summed E-state index contributed by atoms with van der Waals surface area (Å²) in [5, 5.41) is 8.54. The number of aliphatic carboxylic acids is 1. The lowest BCUT2D eigenvalue weighted by Gasteiger charge is -2.04. The summed E-state index contributed by atoms with van der Waals surface area (Å²) in [4.78, 5) is 14.6. The minimum atomic E-state index is -0.963. The number of carboxylic acid groups (broad SMARTS) is 1. The average molecular weight is 247 g/mol. The van der Waals surface area contributed by atoms with E-state index in [1.54, 1.807) is 11.8 Å². The maximum atomic E-state index is 10.4. The van der Waals surface area contributed by atoms with E-state index in [0.29, 0.717) is 25.2 Å². The summed E-state index contributed by atoms with van der Waals surface area (Å²) >= 11 is 1.76. The zero-order valence-corrected chi connectivity index (χ0v) is 10.5. The molecular formula is C10H21N3O2S. The number of amidine groups is 1. The minimum Gasteiger partial charge on any atom is -0.480 e. The number of hydrogen-bond donors (Lipinski definition) is 3. The summed E-state index contributed by atoms with van der Waals surface area (Å²) in [6, 6.07) is -0.786. The smallest absolute Gasteiger partial charge is 0.320 e. The fourth-order valence-electron chi connectivity index (χ4n) is 1.02. The second kappa shape index (κ2) is 9.47. The average Bonchev–Trinajstić information content (AvgIpc) is 2.24. The number of carboxylic acids is 1. The van der Waals surface area contributed by atoms with Gasteiger partial charge in [-0.3, -0.25) is 9.79 Å². The molecule has 0 heterocycles. The summed E-state index contributed by atoms with van der Waals surface area (Å²) in [6.07, 6.45) is 2.23. The Morgan fingerprint density at radius 1 is 1.56 bits per heavy atom. The number of carbonyl (C=O) groups is 1. The summed E-state index contributed by atoms with van der Waals surface area (Å²) < 4.78 is 0. The maximum Gasteiger partial charge on any atom is 0.320 e. The standard InChI is InChI=1S/C10H21N3O2S/c1-2-6-16-7-9(12)13-5-3-4-8(11)10(14)15/h8H,2-7,11H2,1H3,(H2,12,13)(H,14,15)/t8-/m0/s1. The molecule has 0 aromatic heterocycles. The second-order valence-corrected chi connectivity index (χ2v) is 4.62. The van der Waals surface area contributed by atoms with Gasteiger partial charge in [-0.05, 0) is 25.0 Å². The number of thioether (sulfide) groups is 1. The van der Waals surface area contributed by atoms with Crippen molar-refractivity contribution in [3.63, 3.8) is 0 Å². The number of nitrogens with zero attached hydrogens (tertiary/aromatic N) is 1. The first-order chi connectivity index (χ1) is 7.57. The number of rotatable bonds is 9. The van der Waals surface area contributed by atoms with Gasteiger partial charge in [0.1, 0.15) is 11.9 Å². The first-order valence-corrected chi connectivity index (χ1v) is 6.58. The van der Waals surface area contributed by atoms with Crippen LogP contribution in [-0.4, -0.2) is 41.0 Å². The molecule has 0 spiro atoms. The van der Waals surface area contributed by atoms with E-state index in [1.165, 1.54) is 0 Å². The van der Waals surface area contributed by atoms with Crippen molar-refractivity contribution in [3.8, 4) is 0 Å². The van der Waals surface area contributed by atoms with Crippen molar-refractivity contribution in [2.45, 2.75) is 32.2 Å². The number of nitrogens with two attached hydrogens (primary N) is 2. The zero-order chi connectivity index (χ0) is 12.4. The lowest BCUT2D eigenvalue weighted by Crippen LogP contribution is -2.30. The molecular weight excluding hydrogens is 226 g/mol. The van der Waals surface area contributed by atoms with Gasteiger partial charge in [0.25, 0.3) is 0 Å². The van der Waals surface area contributed by atoms with Crippen LogP contribution in [0.1, 0.15) is 26.2 Å². The van der Waals surface area contributed by atoms with Crippen LogP contribution in [-0.2, 0) is 4.79 Å². The van der Waals surface area contributed by atoms with Crippen molar-refractivity contribution < 1.29 is 9.90 Å². The second-order valence-electron chi connectivity index (χ2n) is 3.51. The molecule has 0 radical (unpaired) electrons. The lowest BCUT2D eigenvalue weighted by molar-refractivity contribution is -0.138. The highest BCUT2D eigenvalue weighted by molar-refractivity contribution is 7.99. The van der Waals surface area contributed by atoms with Crippen LogP contribution in [0.5, 0.6) is 0 Å². The molecule has 0 bridgehead atoms. The van der Waals surface area contributed by atoms with Crippen LogP contribution >= 0.6 is 11.8 Å². The van der Waals surface area contributed by atoms with Crippen LogP contribution in [0.4, 0.5) is 0 Å². The molecule has 0 rings (SSSR count). The van der Waals surface area contributed by atoms with E-state index >= 15 is 0 Å². The van der Waals surface area contributed by atoms with Gasteiger partial charge in [0.05, 0.1) is 5.75 Å². The molecule has 6 heteroatoms. The third kappa shape index (κ3) is 8.55. The SMILES string of the molecule is CCCSCC(N)=NCCC[C@H](N)C(=O)O. The van der Waals surface area contributed by atoms with Crippen LogP contribution in [0, 0.1) is 0 Å². The normalized spacial score (nSPS) is 13.8. The van der Waals surface area contributed by atoms with E-state index < -0.39 is 12.0 Å². The fraction of sp³-hybridized carbons (Fsp3) is 0.800. The molecule has 0 aliphatic rings. The Morgan fingerprint density at radius 3 is 2.81 bits per heavy atom.